The minimum Gasteiger partial charge on any atom is -0.360 e. The second kappa shape index (κ2) is 9.62. The second-order valence-electron chi connectivity index (χ2n) is 7.62. The summed E-state index contributed by atoms with van der Waals surface area (Å²) in [7, 11) is -0.280. The molecule has 2 aromatic rings. The van der Waals surface area contributed by atoms with Crippen LogP contribution in [-0.4, -0.2) is 62.5 Å². The predicted molar refractivity (Wildman–Crippen MR) is 116 cm³/mol. The number of likely N-dealkylation sites (N-methyl/N-ethyl adjacent to an activating group) is 1. The molecule has 172 valence electrons. The van der Waals surface area contributed by atoms with Crippen molar-refractivity contribution in [2.75, 3.05) is 39.0 Å². The van der Waals surface area contributed by atoms with Crippen molar-refractivity contribution in [2.24, 2.45) is 5.92 Å². The highest BCUT2D eigenvalue weighted by Crippen LogP contribution is 2.35. The molecule has 12 heteroatoms. The number of nitrogens with zero attached hydrogens (tertiary/aromatic N) is 3. The summed E-state index contributed by atoms with van der Waals surface area (Å²) in [5, 5.41) is 5.24. The van der Waals surface area contributed by atoms with Crippen LogP contribution < -0.4 is 5.32 Å². The number of rotatable bonds is 7. The van der Waals surface area contributed by atoms with Crippen molar-refractivity contribution in [2.45, 2.75) is 30.1 Å². The van der Waals surface area contributed by atoms with Gasteiger partial charge in [0, 0.05) is 30.0 Å². The summed E-state index contributed by atoms with van der Waals surface area (Å²) in [4.78, 5) is 6.11. The van der Waals surface area contributed by atoms with Crippen molar-refractivity contribution in [1.29, 1.82) is 0 Å². The van der Waals surface area contributed by atoms with Crippen LogP contribution in [0.1, 0.15) is 24.4 Å². The van der Waals surface area contributed by atoms with E-state index in [9.17, 15) is 21.6 Å². The Bertz CT molecular complexity index is 998. The van der Waals surface area contributed by atoms with Gasteiger partial charge < -0.3 is 10.2 Å². The van der Waals surface area contributed by atoms with Gasteiger partial charge in [0.15, 0.2) is 10.2 Å². The molecule has 1 aromatic heterocycles. The molecule has 31 heavy (non-hydrogen) atoms. The van der Waals surface area contributed by atoms with E-state index in [-0.39, 0.29) is 30.5 Å². The minimum atomic E-state index is -4.41. The molecule has 6 nitrogen and oxygen atoms in total. The van der Waals surface area contributed by atoms with Crippen LogP contribution in [0, 0.1) is 5.92 Å². The fraction of sp³-hybridized carbons (Fsp3) is 0.526. The molecular weight excluding hydrogens is 473 g/mol. The second-order valence-corrected chi connectivity index (χ2v) is 10.8. The van der Waals surface area contributed by atoms with Gasteiger partial charge in [0.05, 0.1) is 12.0 Å². The Labute approximate surface area is 189 Å². The lowest BCUT2D eigenvalue weighted by molar-refractivity contribution is -0.182. The lowest BCUT2D eigenvalue weighted by Crippen LogP contribution is -2.44. The number of sulfonamides is 1. The first-order chi connectivity index (χ1) is 14.5. The average molecular weight is 497 g/mol. The van der Waals surface area contributed by atoms with Crippen molar-refractivity contribution in [3.8, 4) is 0 Å². The Balaban J connectivity index is 1.71. The van der Waals surface area contributed by atoms with Crippen molar-refractivity contribution >= 4 is 38.1 Å². The maximum atomic E-state index is 13.1. The third-order valence-electron chi connectivity index (χ3n) is 5.27. The summed E-state index contributed by atoms with van der Waals surface area (Å²) >= 11 is 7.40. The van der Waals surface area contributed by atoms with Crippen molar-refractivity contribution in [3.05, 3.63) is 40.2 Å². The fourth-order valence-corrected chi connectivity index (χ4v) is 6.27. The van der Waals surface area contributed by atoms with Gasteiger partial charge in [0.2, 0.25) is 0 Å². The van der Waals surface area contributed by atoms with Gasteiger partial charge in [-0.3, -0.25) is 0 Å². The molecule has 1 aromatic carbocycles. The normalized spacial score (nSPS) is 19.5. The number of anilines is 1. The Morgan fingerprint density at radius 3 is 2.71 bits per heavy atom. The van der Waals surface area contributed by atoms with E-state index in [0.717, 1.165) is 21.2 Å². The van der Waals surface area contributed by atoms with E-state index < -0.39 is 28.7 Å². The first-order valence-electron chi connectivity index (χ1n) is 9.67. The van der Waals surface area contributed by atoms with Gasteiger partial charge in [0.1, 0.15) is 0 Å². The van der Waals surface area contributed by atoms with Gasteiger partial charge in [-0.1, -0.05) is 29.8 Å². The Kier molecular flexibility index (Phi) is 7.52. The molecule has 2 heterocycles. The molecule has 3 rings (SSSR count). The van der Waals surface area contributed by atoms with Gasteiger partial charge in [-0.25, -0.2) is 13.4 Å². The quantitative estimate of drug-likeness (QED) is 0.612. The van der Waals surface area contributed by atoms with Crippen LogP contribution in [0.2, 0.25) is 5.02 Å². The zero-order chi connectivity index (χ0) is 22.8. The van der Waals surface area contributed by atoms with E-state index in [1.807, 2.05) is 37.2 Å². The van der Waals surface area contributed by atoms with Gasteiger partial charge in [-0.2, -0.15) is 17.5 Å². The number of hydrogen-bond acceptors (Lipinski definition) is 6. The third kappa shape index (κ3) is 5.70. The van der Waals surface area contributed by atoms with Gasteiger partial charge >= 0.3 is 6.18 Å². The summed E-state index contributed by atoms with van der Waals surface area (Å²) in [5.41, 5.74) is 0.914. The molecule has 0 spiro atoms. The molecule has 0 radical (unpaired) electrons. The van der Waals surface area contributed by atoms with E-state index in [4.69, 9.17) is 11.6 Å². The number of thiazole rings is 1. The number of benzene rings is 1. The molecule has 2 atom stereocenters. The molecule has 1 saturated heterocycles. The van der Waals surface area contributed by atoms with Crippen molar-refractivity contribution in [3.63, 3.8) is 0 Å². The van der Waals surface area contributed by atoms with E-state index in [1.54, 1.807) is 6.07 Å². The lowest BCUT2D eigenvalue weighted by atomic mass is 9.99. The molecule has 1 aliphatic heterocycles. The average Bonchev–Trinajstić information content (AvgIpc) is 3.18. The summed E-state index contributed by atoms with van der Waals surface area (Å²) in [6.07, 6.45) is -4.31. The van der Waals surface area contributed by atoms with E-state index in [0.29, 0.717) is 16.7 Å². The topological polar surface area (TPSA) is 65.5 Å². The number of alkyl halides is 3. The highest BCUT2D eigenvalue weighted by Gasteiger charge is 2.44. The number of aromatic nitrogens is 1. The maximum absolute atomic E-state index is 13.1. The molecule has 0 bridgehead atoms. The highest BCUT2D eigenvalue weighted by molar-refractivity contribution is 7.89. The fourth-order valence-electron chi connectivity index (χ4n) is 3.52. The Morgan fingerprint density at radius 1 is 1.35 bits per heavy atom. The summed E-state index contributed by atoms with van der Waals surface area (Å²) in [6, 6.07) is 7.35. The van der Waals surface area contributed by atoms with Crippen LogP contribution in [0.5, 0.6) is 0 Å². The molecule has 0 aliphatic carbocycles. The molecule has 0 saturated carbocycles. The molecule has 0 amide bonds. The SMILES string of the molecule is CN(C)C(CNc1nc(S(=O)(=O)N2CCCC(C(F)(F)F)C2)cs1)c1ccccc1Cl. The van der Waals surface area contributed by atoms with E-state index in [1.165, 1.54) is 5.38 Å². The van der Waals surface area contributed by atoms with Crippen LogP contribution >= 0.6 is 22.9 Å². The molecule has 2 unspecified atom stereocenters. The van der Waals surface area contributed by atoms with Crippen molar-refractivity contribution < 1.29 is 21.6 Å². The van der Waals surface area contributed by atoms with Crippen LogP contribution in [0.4, 0.5) is 18.3 Å². The predicted octanol–water partition coefficient (Wildman–Crippen LogP) is 4.47. The smallest absolute Gasteiger partial charge is 0.360 e. The maximum Gasteiger partial charge on any atom is 0.393 e. The monoisotopic (exact) mass is 496 g/mol. The van der Waals surface area contributed by atoms with Gasteiger partial charge in [-0.05, 0) is 38.6 Å². The van der Waals surface area contributed by atoms with Crippen LogP contribution in [-0.2, 0) is 10.0 Å². The minimum absolute atomic E-state index is 0.0599. The summed E-state index contributed by atoms with van der Waals surface area (Å²) < 4.78 is 65.7. The molecule has 1 fully saturated rings. The van der Waals surface area contributed by atoms with E-state index in [2.05, 4.69) is 10.3 Å². The van der Waals surface area contributed by atoms with Crippen LogP contribution in [0.25, 0.3) is 0 Å². The molecule has 1 aliphatic rings. The van der Waals surface area contributed by atoms with Gasteiger partial charge in [-0.15, -0.1) is 11.3 Å². The zero-order valence-corrected chi connectivity index (χ0v) is 19.5. The van der Waals surface area contributed by atoms with Gasteiger partial charge in [0.25, 0.3) is 10.0 Å². The Hall–Kier alpha value is -1.40. The Morgan fingerprint density at radius 2 is 2.06 bits per heavy atom. The first-order valence-corrected chi connectivity index (χ1v) is 12.4. The summed E-state index contributed by atoms with van der Waals surface area (Å²) in [6.45, 7) is -0.0880. The lowest BCUT2D eigenvalue weighted by Gasteiger charge is -2.32. The molecule has 1 N–H and O–H groups in total. The first kappa shape index (κ1) is 24.2. The van der Waals surface area contributed by atoms with E-state index >= 15 is 0 Å². The number of hydrogen-bond donors (Lipinski definition) is 1. The number of halogens is 4. The largest absolute Gasteiger partial charge is 0.393 e. The third-order valence-corrected chi connectivity index (χ3v) is 8.31. The van der Waals surface area contributed by atoms with Crippen LogP contribution in [0.3, 0.4) is 0 Å². The van der Waals surface area contributed by atoms with Crippen molar-refractivity contribution in [1.82, 2.24) is 14.2 Å². The summed E-state index contributed by atoms with van der Waals surface area (Å²) in [5.74, 6) is -1.65. The van der Waals surface area contributed by atoms with Crippen LogP contribution in [0.15, 0.2) is 34.7 Å². The molecular formula is C19H24ClF3N4O2S2. The number of nitrogens with one attached hydrogen (secondary N) is 1. The standard InChI is InChI=1S/C19H24ClF3N4O2S2/c1-26(2)16(14-7-3-4-8-15(14)20)10-24-18-25-17(12-30-18)31(28,29)27-9-5-6-13(11-27)19(21,22)23/h3-4,7-8,12-13,16H,5-6,9-11H2,1-2H3,(H,24,25). The number of piperidine rings is 1. The zero-order valence-electron chi connectivity index (χ0n) is 17.1. The highest BCUT2D eigenvalue weighted by atomic mass is 35.5.